The van der Waals surface area contributed by atoms with Crippen LogP contribution in [0.15, 0.2) is 52.4 Å². The number of aromatic amines is 1. The van der Waals surface area contributed by atoms with Gasteiger partial charge in [-0.15, -0.1) is 0 Å². The molecule has 0 saturated heterocycles. The first kappa shape index (κ1) is 23.4. The number of hydrogen-bond donors (Lipinski definition) is 3. The Hall–Kier alpha value is -3.79. The van der Waals surface area contributed by atoms with Crippen molar-refractivity contribution in [2.75, 3.05) is 19.0 Å². The molecule has 0 bridgehead atoms. The molecule has 34 heavy (non-hydrogen) atoms. The van der Waals surface area contributed by atoms with E-state index in [-0.39, 0.29) is 30.3 Å². The Morgan fingerprint density at radius 3 is 2.76 bits per heavy atom. The van der Waals surface area contributed by atoms with Gasteiger partial charge in [0.25, 0.3) is 11.5 Å². The minimum atomic E-state index is -0.613. The van der Waals surface area contributed by atoms with Crippen molar-refractivity contribution >= 4 is 29.4 Å². The summed E-state index contributed by atoms with van der Waals surface area (Å²) < 4.78 is 10.7. The molecular formula is C24H24N4O5S. The number of anilines is 1. The number of methoxy groups -OCH3 is 1. The van der Waals surface area contributed by atoms with Crippen LogP contribution in [0.2, 0.25) is 0 Å². The van der Waals surface area contributed by atoms with Crippen molar-refractivity contribution in [2.24, 2.45) is 5.73 Å². The van der Waals surface area contributed by atoms with E-state index in [1.807, 2.05) is 25.1 Å². The standard InChI is InChI=1S/C24H24N4O5S/c1-13-4-3-5-14(8-13)12-34-24-27-22-21(23(31)28-24)16(10-20(30)26-22)15-6-7-17(18(9-15)32-2)33-11-19(25)29/h3-9,16H,10-12H2,1-2H3,(H2,25,29)(H2,26,27,28,30,31)/t16-/m1/s1. The molecule has 1 aromatic heterocycles. The third kappa shape index (κ3) is 5.23. The number of carbonyl (C=O) groups is 2. The fourth-order valence-electron chi connectivity index (χ4n) is 3.83. The van der Waals surface area contributed by atoms with E-state index in [1.165, 1.54) is 18.9 Å². The van der Waals surface area contributed by atoms with Crippen molar-refractivity contribution in [3.8, 4) is 11.5 Å². The van der Waals surface area contributed by atoms with Crippen molar-refractivity contribution < 1.29 is 19.1 Å². The molecule has 0 fully saturated rings. The highest BCUT2D eigenvalue weighted by Crippen LogP contribution is 2.38. The highest BCUT2D eigenvalue weighted by atomic mass is 32.2. The molecule has 2 heterocycles. The molecular weight excluding hydrogens is 456 g/mol. The summed E-state index contributed by atoms with van der Waals surface area (Å²) in [5, 5.41) is 3.16. The zero-order valence-corrected chi connectivity index (χ0v) is 19.5. The van der Waals surface area contributed by atoms with Gasteiger partial charge in [0.05, 0.1) is 12.7 Å². The number of hydrogen-bond acceptors (Lipinski definition) is 7. The van der Waals surface area contributed by atoms with E-state index >= 15 is 0 Å². The molecule has 1 aliphatic rings. The van der Waals surface area contributed by atoms with Gasteiger partial charge < -0.3 is 25.5 Å². The fourth-order valence-corrected chi connectivity index (χ4v) is 4.63. The first-order valence-electron chi connectivity index (χ1n) is 10.6. The molecule has 0 unspecified atom stereocenters. The summed E-state index contributed by atoms with van der Waals surface area (Å²) in [5.41, 5.74) is 8.16. The molecule has 4 N–H and O–H groups in total. The average molecular weight is 481 g/mol. The SMILES string of the molecule is COc1cc([C@H]2CC(=O)Nc3nc(SCc4cccc(C)c4)[nH]c(=O)c32)ccc1OCC(N)=O. The number of amides is 2. The lowest BCUT2D eigenvalue weighted by atomic mass is 9.86. The normalized spacial score (nSPS) is 14.8. The topological polar surface area (TPSA) is 136 Å². The Morgan fingerprint density at radius 2 is 2.03 bits per heavy atom. The van der Waals surface area contributed by atoms with E-state index in [9.17, 15) is 14.4 Å². The van der Waals surface area contributed by atoms with E-state index in [1.54, 1.807) is 18.2 Å². The van der Waals surface area contributed by atoms with Gasteiger partial charge in [-0.25, -0.2) is 4.98 Å². The highest BCUT2D eigenvalue weighted by Gasteiger charge is 2.31. The zero-order chi connectivity index (χ0) is 24.2. The van der Waals surface area contributed by atoms with Crippen LogP contribution in [-0.2, 0) is 15.3 Å². The van der Waals surface area contributed by atoms with Crippen molar-refractivity contribution in [2.45, 2.75) is 30.2 Å². The molecule has 9 nitrogen and oxygen atoms in total. The number of aromatic nitrogens is 2. The molecule has 1 aliphatic heterocycles. The quantitative estimate of drug-likeness (QED) is 0.333. The predicted octanol–water partition coefficient (Wildman–Crippen LogP) is 2.72. The Labute approximate surface area is 200 Å². The van der Waals surface area contributed by atoms with Crippen LogP contribution < -0.4 is 26.1 Å². The third-order valence-electron chi connectivity index (χ3n) is 5.35. The molecule has 4 rings (SSSR count). The number of thioether (sulfide) groups is 1. The van der Waals surface area contributed by atoms with Gasteiger partial charge in [-0.1, -0.05) is 47.7 Å². The van der Waals surface area contributed by atoms with Gasteiger partial charge in [0.15, 0.2) is 23.3 Å². The summed E-state index contributed by atoms with van der Waals surface area (Å²) >= 11 is 1.39. The summed E-state index contributed by atoms with van der Waals surface area (Å²) in [6.07, 6.45) is 0.0815. The van der Waals surface area contributed by atoms with Crippen molar-refractivity contribution in [1.29, 1.82) is 0 Å². The van der Waals surface area contributed by atoms with Crippen LogP contribution in [0.1, 0.15) is 34.6 Å². The van der Waals surface area contributed by atoms with Gasteiger partial charge in [-0.2, -0.15) is 0 Å². The number of ether oxygens (including phenoxy) is 2. The predicted molar refractivity (Wildman–Crippen MR) is 128 cm³/mol. The van der Waals surface area contributed by atoms with Crippen LogP contribution in [0.4, 0.5) is 5.82 Å². The number of rotatable bonds is 8. The van der Waals surface area contributed by atoms with E-state index in [4.69, 9.17) is 15.2 Å². The average Bonchev–Trinajstić information content (AvgIpc) is 2.80. The Bertz CT molecular complexity index is 1310. The zero-order valence-electron chi connectivity index (χ0n) is 18.7. The summed E-state index contributed by atoms with van der Waals surface area (Å²) in [5.74, 6) is 0.210. The van der Waals surface area contributed by atoms with Crippen LogP contribution in [-0.4, -0.2) is 35.5 Å². The largest absolute Gasteiger partial charge is 0.493 e. The second-order valence-electron chi connectivity index (χ2n) is 7.88. The van der Waals surface area contributed by atoms with Gasteiger partial charge >= 0.3 is 0 Å². The lowest BCUT2D eigenvalue weighted by Gasteiger charge is -2.25. The molecule has 1 atom stereocenters. The van der Waals surface area contributed by atoms with Crippen LogP contribution in [0.3, 0.4) is 0 Å². The van der Waals surface area contributed by atoms with E-state index < -0.39 is 11.8 Å². The molecule has 2 aromatic carbocycles. The molecule has 0 radical (unpaired) electrons. The maximum absolute atomic E-state index is 13.1. The summed E-state index contributed by atoms with van der Waals surface area (Å²) in [6.45, 7) is 1.73. The number of aryl methyl sites for hydroxylation is 1. The van der Waals surface area contributed by atoms with Crippen LogP contribution in [0.5, 0.6) is 11.5 Å². The lowest BCUT2D eigenvalue weighted by molar-refractivity contribution is -0.120. The number of nitrogens with two attached hydrogens (primary N) is 1. The molecule has 0 spiro atoms. The van der Waals surface area contributed by atoms with Gasteiger partial charge in [0, 0.05) is 18.1 Å². The van der Waals surface area contributed by atoms with Crippen molar-refractivity contribution in [1.82, 2.24) is 9.97 Å². The molecule has 0 saturated carbocycles. The minimum absolute atomic E-state index is 0.0815. The smallest absolute Gasteiger partial charge is 0.257 e. The number of primary amides is 1. The minimum Gasteiger partial charge on any atom is -0.493 e. The number of H-pyrrole nitrogens is 1. The summed E-state index contributed by atoms with van der Waals surface area (Å²) in [6, 6.07) is 13.1. The second-order valence-corrected chi connectivity index (χ2v) is 8.85. The molecule has 3 aromatic rings. The maximum atomic E-state index is 13.1. The molecule has 2 amide bonds. The van der Waals surface area contributed by atoms with Crippen molar-refractivity contribution in [3.05, 3.63) is 75.1 Å². The van der Waals surface area contributed by atoms with Crippen molar-refractivity contribution in [3.63, 3.8) is 0 Å². The number of benzene rings is 2. The Kier molecular flexibility index (Phi) is 6.87. The second kappa shape index (κ2) is 10.0. The van der Waals surface area contributed by atoms with Gasteiger partial charge in [0.1, 0.15) is 5.82 Å². The lowest BCUT2D eigenvalue weighted by Crippen LogP contribution is -2.31. The first-order chi connectivity index (χ1) is 16.3. The molecule has 176 valence electrons. The third-order valence-corrected chi connectivity index (χ3v) is 6.29. The number of nitrogens with one attached hydrogen (secondary N) is 2. The van der Waals surface area contributed by atoms with E-state index in [0.717, 1.165) is 11.1 Å². The number of nitrogens with zero attached hydrogens (tertiary/aromatic N) is 1. The highest BCUT2D eigenvalue weighted by molar-refractivity contribution is 7.98. The monoisotopic (exact) mass is 480 g/mol. The maximum Gasteiger partial charge on any atom is 0.257 e. The van der Waals surface area contributed by atoms with Crippen LogP contribution in [0.25, 0.3) is 0 Å². The van der Waals surface area contributed by atoms with Gasteiger partial charge in [0.2, 0.25) is 5.91 Å². The number of carbonyl (C=O) groups excluding carboxylic acids is 2. The van der Waals surface area contributed by atoms with Gasteiger partial charge in [-0.05, 0) is 30.2 Å². The summed E-state index contributed by atoms with van der Waals surface area (Å²) in [4.78, 5) is 43.9. The van der Waals surface area contributed by atoms with Crippen LogP contribution in [0, 0.1) is 6.92 Å². The Balaban J connectivity index is 1.63. The fraction of sp³-hybridized carbons (Fsp3) is 0.250. The van der Waals surface area contributed by atoms with E-state index in [2.05, 4.69) is 21.4 Å². The molecule has 10 heteroatoms. The van der Waals surface area contributed by atoms with E-state index in [0.29, 0.717) is 33.5 Å². The first-order valence-corrected chi connectivity index (χ1v) is 11.5. The molecule has 0 aliphatic carbocycles. The Morgan fingerprint density at radius 1 is 1.21 bits per heavy atom. The van der Waals surface area contributed by atoms with Crippen LogP contribution >= 0.6 is 11.8 Å². The summed E-state index contributed by atoms with van der Waals surface area (Å²) in [7, 11) is 1.46. The number of fused-ring (bicyclic) bond motifs is 1. The van der Waals surface area contributed by atoms with Gasteiger partial charge in [-0.3, -0.25) is 14.4 Å².